The fourth-order valence-electron chi connectivity index (χ4n) is 2.22. The van der Waals surface area contributed by atoms with Crippen molar-refractivity contribution in [1.82, 2.24) is 10.2 Å². The summed E-state index contributed by atoms with van der Waals surface area (Å²) in [4.78, 5) is 2.36. The van der Waals surface area contributed by atoms with Gasteiger partial charge in [-0.15, -0.1) is 0 Å². The van der Waals surface area contributed by atoms with Crippen molar-refractivity contribution in [3.63, 3.8) is 0 Å². The van der Waals surface area contributed by atoms with Crippen LogP contribution < -0.4 is 5.32 Å². The average molecular weight is 288 g/mol. The van der Waals surface area contributed by atoms with Crippen LogP contribution in [-0.4, -0.2) is 18.0 Å². The standard InChI is InChI=1S/C17H24N2S/c1-14(2)18-10-15-5-4-6-16(9-15)11-19(3)12-17-7-8-20-13-17/h4-9,13-14,18H,10-12H2,1-3H3. The van der Waals surface area contributed by atoms with Gasteiger partial charge in [-0.2, -0.15) is 11.3 Å². The van der Waals surface area contributed by atoms with Gasteiger partial charge < -0.3 is 5.32 Å². The molecule has 1 aromatic carbocycles. The molecule has 1 heterocycles. The molecular formula is C17H24N2S. The number of hydrogen-bond donors (Lipinski definition) is 1. The van der Waals surface area contributed by atoms with Crippen molar-refractivity contribution in [3.8, 4) is 0 Å². The molecule has 2 rings (SSSR count). The number of rotatable bonds is 7. The normalized spacial score (nSPS) is 11.4. The third-order valence-electron chi connectivity index (χ3n) is 3.19. The van der Waals surface area contributed by atoms with Crippen LogP contribution in [0.5, 0.6) is 0 Å². The van der Waals surface area contributed by atoms with E-state index in [0.717, 1.165) is 19.6 Å². The van der Waals surface area contributed by atoms with Crippen molar-refractivity contribution < 1.29 is 0 Å². The maximum Gasteiger partial charge on any atom is 0.0242 e. The first-order valence-electron chi connectivity index (χ1n) is 7.14. The van der Waals surface area contributed by atoms with Crippen LogP contribution in [0.25, 0.3) is 0 Å². The molecule has 0 amide bonds. The van der Waals surface area contributed by atoms with E-state index < -0.39 is 0 Å². The summed E-state index contributed by atoms with van der Waals surface area (Å²) in [7, 11) is 2.18. The zero-order chi connectivity index (χ0) is 14.4. The van der Waals surface area contributed by atoms with Gasteiger partial charge in [0.25, 0.3) is 0 Å². The summed E-state index contributed by atoms with van der Waals surface area (Å²) in [5.41, 5.74) is 4.14. The minimum atomic E-state index is 0.528. The SMILES string of the molecule is CC(C)NCc1cccc(CN(C)Cc2ccsc2)c1. The molecule has 0 aliphatic carbocycles. The molecular weight excluding hydrogens is 264 g/mol. The van der Waals surface area contributed by atoms with Gasteiger partial charge in [-0.3, -0.25) is 4.90 Å². The molecule has 3 heteroatoms. The van der Waals surface area contributed by atoms with Crippen molar-refractivity contribution >= 4 is 11.3 Å². The Balaban J connectivity index is 1.90. The van der Waals surface area contributed by atoms with Crippen LogP contribution in [0.1, 0.15) is 30.5 Å². The lowest BCUT2D eigenvalue weighted by molar-refractivity contribution is 0.319. The molecule has 0 spiro atoms. The van der Waals surface area contributed by atoms with Gasteiger partial charge in [0, 0.05) is 25.7 Å². The van der Waals surface area contributed by atoms with Gasteiger partial charge in [-0.1, -0.05) is 38.1 Å². The molecule has 108 valence electrons. The largest absolute Gasteiger partial charge is 0.310 e. The van der Waals surface area contributed by atoms with Crippen molar-refractivity contribution in [3.05, 3.63) is 57.8 Å². The zero-order valence-corrected chi connectivity index (χ0v) is 13.4. The minimum absolute atomic E-state index is 0.528. The van der Waals surface area contributed by atoms with Crippen LogP contribution in [-0.2, 0) is 19.6 Å². The van der Waals surface area contributed by atoms with Crippen molar-refractivity contribution in [2.24, 2.45) is 0 Å². The second-order valence-electron chi connectivity index (χ2n) is 5.66. The van der Waals surface area contributed by atoms with Gasteiger partial charge in [0.1, 0.15) is 0 Å². The number of benzene rings is 1. The van der Waals surface area contributed by atoms with E-state index in [9.17, 15) is 0 Å². The maximum atomic E-state index is 3.47. The molecule has 1 N–H and O–H groups in total. The fourth-order valence-corrected chi connectivity index (χ4v) is 2.88. The summed E-state index contributed by atoms with van der Waals surface area (Å²) < 4.78 is 0. The minimum Gasteiger partial charge on any atom is -0.310 e. The lowest BCUT2D eigenvalue weighted by Gasteiger charge is -2.17. The van der Waals surface area contributed by atoms with Crippen LogP contribution in [0, 0.1) is 0 Å². The average Bonchev–Trinajstić information content (AvgIpc) is 2.89. The van der Waals surface area contributed by atoms with E-state index in [0.29, 0.717) is 6.04 Å². The predicted molar refractivity (Wildman–Crippen MR) is 87.9 cm³/mol. The van der Waals surface area contributed by atoms with Crippen LogP contribution >= 0.6 is 11.3 Å². The topological polar surface area (TPSA) is 15.3 Å². The van der Waals surface area contributed by atoms with E-state index in [1.807, 2.05) is 0 Å². The molecule has 20 heavy (non-hydrogen) atoms. The van der Waals surface area contributed by atoms with Gasteiger partial charge in [-0.25, -0.2) is 0 Å². The van der Waals surface area contributed by atoms with E-state index in [-0.39, 0.29) is 0 Å². The molecule has 0 bridgehead atoms. The molecule has 0 atom stereocenters. The summed E-state index contributed by atoms with van der Waals surface area (Å²) in [6.45, 7) is 7.31. The molecule has 0 unspecified atom stereocenters. The Morgan fingerprint density at radius 3 is 2.55 bits per heavy atom. The fraction of sp³-hybridized carbons (Fsp3) is 0.412. The molecule has 0 aliphatic rings. The highest BCUT2D eigenvalue weighted by molar-refractivity contribution is 7.07. The third kappa shape index (κ3) is 5.08. The van der Waals surface area contributed by atoms with E-state index in [2.05, 4.69) is 72.2 Å². The number of nitrogens with zero attached hydrogens (tertiary/aromatic N) is 1. The number of thiophene rings is 1. The Morgan fingerprint density at radius 2 is 1.85 bits per heavy atom. The molecule has 2 aromatic rings. The predicted octanol–water partition coefficient (Wildman–Crippen LogP) is 3.88. The molecule has 0 saturated heterocycles. The van der Waals surface area contributed by atoms with Crippen LogP contribution in [0.4, 0.5) is 0 Å². The van der Waals surface area contributed by atoms with E-state index in [1.165, 1.54) is 16.7 Å². The summed E-state index contributed by atoms with van der Waals surface area (Å²) in [6, 6.07) is 11.6. The molecule has 1 aromatic heterocycles. The Morgan fingerprint density at radius 1 is 1.10 bits per heavy atom. The second kappa shape index (κ2) is 7.58. The lowest BCUT2D eigenvalue weighted by atomic mass is 10.1. The molecule has 0 fully saturated rings. The van der Waals surface area contributed by atoms with Gasteiger partial charge in [-0.05, 0) is 40.6 Å². The first-order chi connectivity index (χ1) is 9.63. The van der Waals surface area contributed by atoms with Gasteiger partial charge >= 0.3 is 0 Å². The van der Waals surface area contributed by atoms with Gasteiger partial charge in [0.05, 0.1) is 0 Å². The number of hydrogen-bond acceptors (Lipinski definition) is 3. The van der Waals surface area contributed by atoms with Crippen LogP contribution in [0.3, 0.4) is 0 Å². The summed E-state index contributed by atoms with van der Waals surface area (Å²) in [6.07, 6.45) is 0. The van der Waals surface area contributed by atoms with E-state index >= 15 is 0 Å². The first-order valence-corrected chi connectivity index (χ1v) is 8.08. The van der Waals surface area contributed by atoms with Crippen molar-refractivity contribution in [2.75, 3.05) is 7.05 Å². The Kier molecular flexibility index (Phi) is 5.77. The van der Waals surface area contributed by atoms with Gasteiger partial charge in [0.15, 0.2) is 0 Å². The van der Waals surface area contributed by atoms with E-state index in [4.69, 9.17) is 0 Å². The van der Waals surface area contributed by atoms with Crippen molar-refractivity contribution in [2.45, 2.75) is 39.5 Å². The molecule has 0 radical (unpaired) electrons. The summed E-state index contributed by atoms with van der Waals surface area (Å²) in [5, 5.41) is 7.83. The quantitative estimate of drug-likeness (QED) is 0.832. The summed E-state index contributed by atoms with van der Waals surface area (Å²) in [5.74, 6) is 0. The third-order valence-corrected chi connectivity index (χ3v) is 3.92. The second-order valence-corrected chi connectivity index (χ2v) is 6.44. The highest BCUT2D eigenvalue weighted by Gasteiger charge is 2.03. The molecule has 2 nitrogen and oxygen atoms in total. The Hall–Kier alpha value is -1.16. The Bertz CT molecular complexity index is 505. The first kappa shape index (κ1) is 15.2. The maximum absolute atomic E-state index is 3.47. The highest BCUT2D eigenvalue weighted by Crippen LogP contribution is 2.12. The molecule has 0 aliphatic heterocycles. The molecule has 0 saturated carbocycles. The summed E-state index contributed by atoms with van der Waals surface area (Å²) >= 11 is 1.76. The van der Waals surface area contributed by atoms with Crippen LogP contribution in [0.2, 0.25) is 0 Å². The Labute approximate surface area is 126 Å². The monoisotopic (exact) mass is 288 g/mol. The number of nitrogens with one attached hydrogen (secondary N) is 1. The van der Waals surface area contributed by atoms with Crippen LogP contribution in [0.15, 0.2) is 41.1 Å². The van der Waals surface area contributed by atoms with Crippen molar-refractivity contribution in [1.29, 1.82) is 0 Å². The van der Waals surface area contributed by atoms with Gasteiger partial charge in [0.2, 0.25) is 0 Å². The smallest absolute Gasteiger partial charge is 0.0242 e. The highest BCUT2D eigenvalue weighted by atomic mass is 32.1. The van der Waals surface area contributed by atoms with E-state index in [1.54, 1.807) is 11.3 Å². The lowest BCUT2D eigenvalue weighted by Crippen LogP contribution is -2.22. The zero-order valence-electron chi connectivity index (χ0n) is 12.6.